The van der Waals surface area contributed by atoms with Crippen molar-refractivity contribution in [2.24, 2.45) is 5.92 Å². The first-order valence-electron chi connectivity index (χ1n) is 10.7. The Morgan fingerprint density at radius 1 is 0.935 bits per heavy atom. The number of rotatable bonds is 8. The molecule has 2 aromatic rings. The molecular weight excluding hydrogens is 396 g/mol. The minimum absolute atomic E-state index is 0.129. The molecule has 0 aliphatic carbocycles. The Kier molecular flexibility index (Phi) is 7.55. The van der Waals surface area contributed by atoms with E-state index in [0.29, 0.717) is 36.0 Å². The zero-order valence-corrected chi connectivity index (χ0v) is 19.1. The topological polar surface area (TPSA) is 77.0 Å². The highest BCUT2D eigenvalue weighted by atomic mass is 16.5. The number of piperazine rings is 1. The Morgan fingerprint density at radius 3 is 2.00 bits per heavy atom. The Hall–Kier alpha value is -3.03. The molecule has 8 heteroatoms. The molecule has 0 bridgehead atoms. The Morgan fingerprint density at radius 2 is 1.55 bits per heavy atom. The first kappa shape index (κ1) is 22.7. The second-order valence-electron chi connectivity index (χ2n) is 7.52. The average molecular weight is 429 g/mol. The van der Waals surface area contributed by atoms with Crippen LogP contribution in [0.25, 0.3) is 11.3 Å². The number of benzene rings is 1. The molecule has 168 valence electrons. The van der Waals surface area contributed by atoms with Crippen LogP contribution in [0.1, 0.15) is 26.7 Å². The molecular formula is C23H32N4O4. The Balaban J connectivity index is 1.71. The van der Waals surface area contributed by atoms with Crippen molar-refractivity contribution in [1.29, 1.82) is 0 Å². The van der Waals surface area contributed by atoms with Crippen molar-refractivity contribution in [3.05, 3.63) is 24.3 Å². The molecule has 8 nitrogen and oxygen atoms in total. The van der Waals surface area contributed by atoms with Crippen LogP contribution in [0.3, 0.4) is 0 Å². The van der Waals surface area contributed by atoms with Crippen LogP contribution in [0, 0.1) is 5.92 Å². The molecule has 0 N–H and O–H groups in total. The van der Waals surface area contributed by atoms with Crippen molar-refractivity contribution >= 4 is 11.7 Å². The monoisotopic (exact) mass is 428 g/mol. The van der Waals surface area contributed by atoms with Gasteiger partial charge in [0, 0.05) is 37.7 Å². The van der Waals surface area contributed by atoms with Crippen LogP contribution < -0.4 is 19.1 Å². The maximum atomic E-state index is 12.6. The number of anilines is 1. The van der Waals surface area contributed by atoms with Gasteiger partial charge in [-0.25, -0.2) is 0 Å². The Bertz CT molecular complexity index is 851. The first-order valence-corrected chi connectivity index (χ1v) is 10.7. The van der Waals surface area contributed by atoms with E-state index in [1.54, 1.807) is 21.3 Å². The highest BCUT2D eigenvalue weighted by Crippen LogP contribution is 2.40. The molecule has 0 unspecified atom stereocenters. The van der Waals surface area contributed by atoms with Gasteiger partial charge in [-0.2, -0.15) is 0 Å². The van der Waals surface area contributed by atoms with Gasteiger partial charge in [-0.15, -0.1) is 10.2 Å². The summed E-state index contributed by atoms with van der Waals surface area (Å²) < 4.78 is 16.2. The summed E-state index contributed by atoms with van der Waals surface area (Å²) >= 11 is 0. The number of hydrogen-bond donors (Lipinski definition) is 0. The van der Waals surface area contributed by atoms with E-state index in [0.717, 1.165) is 37.3 Å². The van der Waals surface area contributed by atoms with Crippen LogP contribution in [0.4, 0.5) is 5.82 Å². The number of aromatic nitrogens is 2. The summed E-state index contributed by atoms with van der Waals surface area (Å²) in [4.78, 5) is 16.8. The number of amides is 1. The molecule has 1 aliphatic rings. The molecule has 1 aromatic carbocycles. The minimum atomic E-state index is 0.129. The predicted molar refractivity (Wildman–Crippen MR) is 120 cm³/mol. The third-order valence-corrected chi connectivity index (χ3v) is 5.86. The molecule has 0 atom stereocenters. The molecule has 3 rings (SSSR count). The normalized spacial score (nSPS) is 14.0. The average Bonchev–Trinajstić information content (AvgIpc) is 2.83. The van der Waals surface area contributed by atoms with E-state index in [1.807, 2.05) is 29.2 Å². The summed E-state index contributed by atoms with van der Waals surface area (Å²) in [5, 5.41) is 8.84. The highest BCUT2D eigenvalue weighted by Gasteiger charge is 2.26. The number of methoxy groups -OCH3 is 3. The van der Waals surface area contributed by atoms with Crippen LogP contribution in [-0.4, -0.2) is 68.5 Å². The number of carbonyl (C=O) groups excluding carboxylic acids is 1. The van der Waals surface area contributed by atoms with Crippen molar-refractivity contribution in [2.75, 3.05) is 52.4 Å². The third kappa shape index (κ3) is 4.84. The van der Waals surface area contributed by atoms with E-state index in [1.165, 1.54) is 0 Å². The van der Waals surface area contributed by atoms with E-state index < -0.39 is 0 Å². The van der Waals surface area contributed by atoms with Crippen LogP contribution in [-0.2, 0) is 4.79 Å². The summed E-state index contributed by atoms with van der Waals surface area (Å²) in [6.07, 6.45) is 1.78. The van der Waals surface area contributed by atoms with Crippen molar-refractivity contribution in [3.8, 4) is 28.5 Å². The van der Waals surface area contributed by atoms with Gasteiger partial charge in [0.05, 0.1) is 27.0 Å². The Labute approximate surface area is 184 Å². The van der Waals surface area contributed by atoms with Gasteiger partial charge in [-0.3, -0.25) is 4.79 Å². The van der Waals surface area contributed by atoms with Crippen LogP contribution in [0.5, 0.6) is 17.2 Å². The van der Waals surface area contributed by atoms with Crippen LogP contribution in [0.15, 0.2) is 24.3 Å². The van der Waals surface area contributed by atoms with E-state index in [9.17, 15) is 4.79 Å². The van der Waals surface area contributed by atoms with Gasteiger partial charge < -0.3 is 24.0 Å². The largest absolute Gasteiger partial charge is 0.493 e. The van der Waals surface area contributed by atoms with Crippen molar-refractivity contribution < 1.29 is 19.0 Å². The van der Waals surface area contributed by atoms with Crippen molar-refractivity contribution in [1.82, 2.24) is 15.1 Å². The van der Waals surface area contributed by atoms with Crippen LogP contribution >= 0.6 is 0 Å². The highest BCUT2D eigenvalue weighted by molar-refractivity contribution is 5.79. The maximum Gasteiger partial charge on any atom is 0.225 e. The van der Waals surface area contributed by atoms with Crippen molar-refractivity contribution in [2.45, 2.75) is 26.7 Å². The quantitative estimate of drug-likeness (QED) is 0.639. The standard InChI is InChI=1S/C23H32N4O4/c1-6-16(7-2)23(28)27-12-10-26(11-13-27)21-9-8-18(24-25-21)17-14-19(29-3)22(31-5)20(15-17)30-4/h8-9,14-16H,6-7,10-13H2,1-5H3. The minimum Gasteiger partial charge on any atom is -0.493 e. The van der Waals surface area contributed by atoms with E-state index >= 15 is 0 Å². The van der Waals surface area contributed by atoms with Gasteiger partial charge in [0.1, 0.15) is 0 Å². The molecule has 1 fully saturated rings. The fourth-order valence-electron chi connectivity index (χ4n) is 3.93. The van der Waals surface area contributed by atoms with Gasteiger partial charge >= 0.3 is 0 Å². The fourth-order valence-corrected chi connectivity index (χ4v) is 3.93. The van der Waals surface area contributed by atoms with Gasteiger partial charge in [0.2, 0.25) is 11.7 Å². The zero-order valence-electron chi connectivity index (χ0n) is 19.1. The fraction of sp³-hybridized carbons (Fsp3) is 0.522. The molecule has 31 heavy (non-hydrogen) atoms. The number of nitrogens with zero attached hydrogens (tertiary/aromatic N) is 4. The summed E-state index contributed by atoms with van der Waals surface area (Å²) in [5.41, 5.74) is 1.54. The molecule has 1 aliphatic heterocycles. The lowest BCUT2D eigenvalue weighted by Crippen LogP contribution is -2.50. The van der Waals surface area contributed by atoms with Gasteiger partial charge in [-0.1, -0.05) is 13.8 Å². The summed E-state index contributed by atoms with van der Waals surface area (Å²) in [6.45, 7) is 7.09. The second kappa shape index (κ2) is 10.3. The lowest BCUT2D eigenvalue weighted by molar-refractivity contribution is -0.136. The molecule has 1 saturated heterocycles. The molecule has 0 saturated carbocycles. The number of hydrogen-bond acceptors (Lipinski definition) is 7. The van der Waals surface area contributed by atoms with Gasteiger partial charge in [0.15, 0.2) is 17.3 Å². The van der Waals surface area contributed by atoms with E-state index in [4.69, 9.17) is 14.2 Å². The third-order valence-electron chi connectivity index (χ3n) is 5.86. The van der Waals surface area contributed by atoms with Crippen LogP contribution in [0.2, 0.25) is 0 Å². The summed E-state index contributed by atoms with van der Waals surface area (Å²) in [7, 11) is 4.75. The zero-order chi connectivity index (χ0) is 22.4. The SMILES string of the molecule is CCC(CC)C(=O)N1CCN(c2ccc(-c3cc(OC)c(OC)c(OC)c3)nn2)CC1. The van der Waals surface area contributed by atoms with E-state index in [2.05, 4.69) is 28.9 Å². The lowest BCUT2D eigenvalue weighted by Gasteiger charge is -2.36. The predicted octanol–water partition coefficient (Wildman–Crippen LogP) is 3.25. The van der Waals surface area contributed by atoms with Crippen molar-refractivity contribution in [3.63, 3.8) is 0 Å². The van der Waals surface area contributed by atoms with Gasteiger partial charge in [-0.05, 0) is 37.1 Å². The second-order valence-corrected chi connectivity index (χ2v) is 7.52. The number of carbonyl (C=O) groups is 1. The first-order chi connectivity index (χ1) is 15.1. The van der Waals surface area contributed by atoms with Gasteiger partial charge in [0.25, 0.3) is 0 Å². The molecule has 0 spiro atoms. The molecule has 1 amide bonds. The van der Waals surface area contributed by atoms with E-state index in [-0.39, 0.29) is 11.8 Å². The molecule has 2 heterocycles. The smallest absolute Gasteiger partial charge is 0.225 e. The lowest BCUT2D eigenvalue weighted by atomic mass is 10.0. The molecule has 0 radical (unpaired) electrons. The maximum absolute atomic E-state index is 12.6. The molecule has 1 aromatic heterocycles. The summed E-state index contributed by atoms with van der Waals surface area (Å²) in [5.74, 6) is 2.89. The summed E-state index contributed by atoms with van der Waals surface area (Å²) in [6, 6.07) is 7.61. The number of ether oxygens (including phenoxy) is 3.